The third-order valence-electron chi connectivity index (χ3n) is 23.5. The highest BCUT2D eigenvalue weighted by Crippen LogP contribution is 2.57. The van der Waals surface area contributed by atoms with E-state index >= 15 is 0 Å². The topological polar surface area (TPSA) is 29.5 Å². The van der Waals surface area contributed by atoms with Crippen LogP contribution in [0.15, 0.2) is 386 Å². The van der Waals surface area contributed by atoms with Gasteiger partial charge in [-0.3, -0.25) is 0 Å². The Balaban J connectivity index is 0.979. The van der Waals surface area contributed by atoms with Crippen molar-refractivity contribution in [3.8, 4) is 89.3 Å². The number of hydrogen-bond donors (Lipinski definition) is 0. The van der Waals surface area contributed by atoms with Crippen molar-refractivity contribution in [1.82, 2.24) is 9.13 Å². The Labute approximate surface area is 699 Å². The van der Waals surface area contributed by atoms with Crippen molar-refractivity contribution in [1.29, 1.82) is 0 Å². The van der Waals surface area contributed by atoms with Crippen LogP contribution in [0.25, 0.3) is 155 Å². The van der Waals surface area contributed by atoms with Crippen molar-refractivity contribution in [3.05, 3.63) is 393 Å². The fourth-order valence-corrected chi connectivity index (χ4v) is 17.9. The quantitative estimate of drug-likeness (QED) is 0.121. The maximum Gasteiger partial charge on any atom is 0.252 e. The minimum Gasteiger partial charge on any atom is -0.456 e. The van der Waals surface area contributed by atoms with Crippen molar-refractivity contribution in [3.63, 3.8) is 0 Å². The number of nitrogens with zero attached hydrogens (tertiary/aromatic N) is 4. The maximum atomic E-state index is 10.1. The molecule has 2 aliphatic heterocycles. The van der Waals surface area contributed by atoms with Crippen LogP contribution in [0.3, 0.4) is 0 Å². The van der Waals surface area contributed by atoms with E-state index in [4.69, 9.17) is 4.42 Å². The van der Waals surface area contributed by atoms with E-state index in [2.05, 4.69) is 203 Å². The summed E-state index contributed by atoms with van der Waals surface area (Å²) in [5, 5.41) is 1.38. The predicted octanol–water partition coefficient (Wildman–Crippen LogP) is 28.1. The van der Waals surface area contributed by atoms with Crippen LogP contribution in [0.5, 0.6) is 0 Å². The van der Waals surface area contributed by atoms with Gasteiger partial charge in [0.25, 0.3) is 6.71 Å². The average molecular weight is 1500 g/mol. The van der Waals surface area contributed by atoms with E-state index in [0.29, 0.717) is 44.8 Å². The molecule has 0 bridgehead atoms. The fraction of sp³-hybridized carbons (Fsp3) is 0.0727. The van der Waals surface area contributed by atoms with Crippen molar-refractivity contribution in [2.75, 3.05) is 9.80 Å². The SMILES string of the molecule is [2H]c1c([2H])c([2H])c2c(c1[2H])c1c([2H])c([2H])c([2H])c([2H])c1n2-c1ccc2c(c1)N(c1c(-c3ccccc3)cc(C(C)(C)C)cc1-c1ccccc1)c1cc(-c3ccc4oc5ccccc5c4c3)cc3c1B2c1ccc(-n2c4c([2H])c([2H])c([2H])c([2H])c4c4c([2H])c([2H])c([2H])c([2H])c42)cc1N3c1c(-c2cccc(-c3ccccc3)c2)cc(C(C)(C)C)cc1-c1cccc(-c2ccccc2)c1. The molecule has 550 valence electrons. The van der Waals surface area contributed by atoms with E-state index in [-0.39, 0.29) is 55.0 Å². The van der Waals surface area contributed by atoms with Crippen LogP contribution in [0, 0.1) is 0 Å². The molecule has 0 amide bonds. The first-order valence-electron chi connectivity index (χ1n) is 47.2. The number of benzene rings is 17. The van der Waals surface area contributed by atoms with Gasteiger partial charge < -0.3 is 23.4 Å². The van der Waals surface area contributed by atoms with Gasteiger partial charge in [0.15, 0.2) is 0 Å². The third kappa shape index (κ3) is 11.1. The van der Waals surface area contributed by atoms with Crippen LogP contribution in [0.4, 0.5) is 34.1 Å². The third-order valence-corrected chi connectivity index (χ3v) is 23.5. The molecule has 0 spiro atoms. The smallest absolute Gasteiger partial charge is 0.252 e. The zero-order valence-electron chi connectivity index (χ0n) is 80.4. The second-order valence-electron chi connectivity index (χ2n) is 32.4. The van der Waals surface area contributed by atoms with Crippen LogP contribution in [0.2, 0.25) is 0 Å². The summed E-state index contributed by atoms with van der Waals surface area (Å²) >= 11 is 0. The molecule has 0 radical (unpaired) electrons. The molecular formula is C110H81BN4O. The zero-order chi connectivity index (χ0) is 91.6. The Morgan fingerprint density at radius 3 is 1.04 bits per heavy atom. The molecule has 0 atom stereocenters. The summed E-state index contributed by atoms with van der Waals surface area (Å²) in [7, 11) is 0. The van der Waals surface area contributed by atoms with E-state index in [1.807, 2.05) is 133 Å². The van der Waals surface area contributed by atoms with Crippen molar-refractivity contribution in [2.45, 2.75) is 52.4 Å². The maximum absolute atomic E-state index is 10.1. The Morgan fingerprint density at radius 1 is 0.267 bits per heavy atom. The lowest BCUT2D eigenvalue weighted by atomic mass is 9.33. The average Bonchev–Trinajstić information content (AvgIpc) is 1.14. The first-order valence-corrected chi connectivity index (χ1v) is 39.2. The molecule has 0 saturated heterocycles. The second kappa shape index (κ2) is 26.7. The normalized spacial score (nSPS) is 14.6. The number of hydrogen-bond acceptors (Lipinski definition) is 3. The number of fused-ring (bicyclic) bond motifs is 13. The summed E-state index contributed by atoms with van der Waals surface area (Å²) in [6.45, 7) is 12.4. The first kappa shape index (κ1) is 53.7. The lowest BCUT2D eigenvalue weighted by Crippen LogP contribution is -2.61. The van der Waals surface area contributed by atoms with Crippen molar-refractivity contribution in [2.24, 2.45) is 0 Å². The van der Waals surface area contributed by atoms with Crippen molar-refractivity contribution < 1.29 is 26.3 Å². The van der Waals surface area contributed by atoms with Gasteiger partial charge in [-0.25, -0.2) is 0 Å². The van der Waals surface area contributed by atoms with Gasteiger partial charge in [0.2, 0.25) is 0 Å². The highest BCUT2D eigenvalue weighted by atomic mass is 16.3. The fourth-order valence-electron chi connectivity index (χ4n) is 17.9. The molecule has 6 heteroatoms. The molecule has 0 fully saturated rings. The number of para-hydroxylation sites is 5. The number of rotatable bonds is 11. The molecular weight excluding hydrogens is 1400 g/mol. The largest absolute Gasteiger partial charge is 0.456 e. The summed E-state index contributed by atoms with van der Waals surface area (Å²) in [6, 6.07) is 89.6. The molecule has 0 saturated carbocycles. The predicted molar refractivity (Wildman–Crippen MR) is 492 cm³/mol. The van der Waals surface area contributed by atoms with E-state index in [1.165, 1.54) is 0 Å². The standard InChI is InChI=1S/C110H81BN4O/c1-109(2,3)80-64-89(72-35-15-9-16-36-72)107(90(65-80)73-37-17-10-18-38-73)114-100-68-82(112-96-48-24-19-43-84(96)85-44-20-25-49-97(85)112)54-56-94(100)111-95-57-55-83(113-98-50-26-21-45-86(98)87-46-22-27-51-99(87)113)69-101(95)115(103-63-79(62-102(114)106(103)111)76-53-58-105-93(61-76)88-47-23-28-52-104(88)116-105)108-91(77-41-29-39-74(59-77)70-31-11-7-12-32-70)66-81(110(4,5)6)67-92(108)78-42-30-40-75(60-78)71-33-13-8-14-34-71/h7-69H,1-6H3/i19D,20D,21D,22D,24D,25D,26D,27D,43D,44D,45D,46D,48D,49D,50D,51D. The summed E-state index contributed by atoms with van der Waals surface area (Å²) < 4.78 is 164. The van der Waals surface area contributed by atoms with Crippen LogP contribution < -0.4 is 26.2 Å². The highest BCUT2D eigenvalue weighted by Gasteiger charge is 2.46. The molecule has 3 aromatic heterocycles. The molecule has 5 nitrogen and oxygen atoms in total. The second-order valence-corrected chi connectivity index (χ2v) is 32.4. The van der Waals surface area contributed by atoms with Gasteiger partial charge in [0, 0.05) is 88.7 Å². The molecule has 0 N–H and O–H groups in total. The van der Waals surface area contributed by atoms with E-state index in [9.17, 15) is 21.9 Å². The summed E-state index contributed by atoms with van der Waals surface area (Å²) in [5.74, 6) is 0. The summed E-state index contributed by atoms with van der Waals surface area (Å²) in [4.78, 5) is 4.70. The van der Waals surface area contributed by atoms with Crippen molar-refractivity contribution >= 4 is 123 Å². The minimum absolute atomic E-state index is 0.0689. The Kier molecular flexibility index (Phi) is 12.4. The number of anilines is 6. The van der Waals surface area contributed by atoms with Gasteiger partial charge in [-0.15, -0.1) is 0 Å². The lowest BCUT2D eigenvalue weighted by molar-refractivity contribution is 0.590. The van der Waals surface area contributed by atoms with Gasteiger partial charge in [-0.05, 0) is 209 Å². The molecule has 0 unspecified atom stereocenters. The molecule has 116 heavy (non-hydrogen) atoms. The van der Waals surface area contributed by atoms with E-state index in [1.54, 1.807) is 9.13 Å². The van der Waals surface area contributed by atoms with Crippen LogP contribution in [0.1, 0.15) is 74.6 Å². The van der Waals surface area contributed by atoms with Gasteiger partial charge >= 0.3 is 0 Å². The molecule has 17 aromatic carbocycles. The minimum atomic E-state index is -0.858. The first-order chi connectivity index (χ1) is 63.4. The summed E-state index contributed by atoms with van der Waals surface area (Å²) in [6.07, 6.45) is 0. The molecule has 2 aliphatic rings. The van der Waals surface area contributed by atoms with Gasteiger partial charge in [0.05, 0.1) is 55.4 Å². The highest BCUT2D eigenvalue weighted by molar-refractivity contribution is 7.00. The number of furan rings is 1. The Morgan fingerprint density at radius 2 is 0.621 bits per heavy atom. The monoisotopic (exact) mass is 1500 g/mol. The zero-order valence-corrected chi connectivity index (χ0v) is 64.4. The Hall–Kier alpha value is -14.2. The van der Waals surface area contributed by atoms with Crippen LogP contribution in [-0.2, 0) is 10.8 Å². The van der Waals surface area contributed by atoms with Crippen LogP contribution >= 0.6 is 0 Å². The van der Waals surface area contributed by atoms with Gasteiger partial charge in [0.1, 0.15) is 11.2 Å². The lowest BCUT2D eigenvalue weighted by Gasteiger charge is -2.46. The van der Waals surface area contributed by atoms with E-state index < -0.39 is 114 Å². The number of aromatic nitrogens is 2. The molecule has 20 aromatic rings. The van der Waals surface area contributed by atoms with Gasteiger partial charge in [-0.1, -0.05) is 308 Å². The molecule has 22 rings (SSSR count). The Bertz CT molecular complexity index is 8070. The van der Waals surface area contributed by atoms with E-state index in [0.717, 1.165) is 117 Å². The van der Waals surface area contributed by atoms with Crippen LogP contribution in [-0.4, -0.2) is 15.8 Å². The summed E-state index contributed by atoms with van der Waals surface area (Å²) in [5.41, 5.74) is 21.0. The molecule has 0 aliphatic carbocycles. The molecule has 5 heterocycles. The van der Waals surface area contributed by atoms with Gasteiger partial charge in [-0.2, -0.15) is 0 Å².